The maximum absolute atomic E-state index is 11.6. The first-order chi connectivity index (χ1) is 10.2. The fraction of sp³-hybridized carbons (Fsp3) is 0.647. The molecule has 5 heteroatoms. The molecule has 1 aliphatic rings. The molecule has 22 heavy (non-hydrogen) atoms. The Kier molecular flexibility index (Phi) is 5.30. The molecule has 1 aromatic carbocycles. The van der Waals surface area contributed by atoms with Crippen LogP contribution in [0.1, 0.15) is 37.9 Å². The standard InChI is InChI=1S/C17H28N2O2S/c1-14(19-11-9-18-10-12-19)15-5-7-16(8-6-15)17(2,3)13-22(4,20)21/h5-8,14,18H,9-13H2,1-4H3. The smallest absolute Gasteiger partial charge is 0.148 e. The summed E-state index contributed by atoms with van der Waals surface area (Å²) >= 11 is 0. The van der Waals surface area contributed by atoms with E-state index in [9.17, 15) is 8.42 Å². The zero-order valence-electron chi connectivity index (χ0n) is 14.1. The van der Waals surface area contributed by atoms with Crippen molar-refractivity contribution in [1.29, 1.82) is 0 Å². The first-order valence-corrected chi connectivity index (χ1v) is 9.98. The van der Waals surface area contributed by atoms with Gasteiger partial charge in [-0.2, -0.15) is 0 Å². The molecular weight excluding hydrogens is 296 g/mol. The molecule has 1 fully saturated rings. The Balaban J connectivity index is 2.12. The molecule has 1 N–H and O–H groups in total. The molecule has 0 aliphatic carbocycles. The Morgan fingerprint density at radius 2 is 1.73 bits per heavy atom. The molecule has 0 saturated carbocycles. The third kappa shape index (κ3) is 4.54. The average Bonchev–Trinajstić information content (AvgIpc) is 2.45. The summed E-state index contributed by atoms with van der Waals surface area (Å²) in [6, 6.07) is 8.85. The van der Waals surface area contributed by atoms with Gasteiger partial charge in [-0.3, -0.25) is 4.90 Å². The number of nitrogens with one attached hydrogen (secondary N) is 1. The van der Waals surface area contributed by atoms with Gasteiger partial charge in [0.1, 0.15) is 9.84 Å². The SMILES string of the molecule is CC(c1ccc(C(C)(C)CS(C)(=O)=O)cc1)N1CCNCC1. The van der Waals surface area contributed by atoms with E-state index in [0.717, 1.165) is 31.7 Å². The Hall–Kier alpha value is -0.910. The minimum absolute atomic E-state index is 0.173. The fourth-order valence-corrected chi connectivity index (χ4v) is 4.71. The fourth-order valence-electron chi connectivity index (χ4n) is 3.23. The summed E-state index contributed by atoms with van der Waals surface area (Å²) in [5.74, 6) is 0.173. The van der Waals surface area contributed by atoms with Gasteiger partial charge in [0.25, 0.3) is 0 Å². The lowest BCUT2D eigenvalue weighted by Crippen LogP contribution is -2.44. The van der Waals surface area contributed by atoms with E-state index in [2.05, 4.69) is 41.4 Å². The molecule has 1 saturated heterocycles. The van der Waals surface area contributed by atoms with Gasteiger partial charge in [0.05, 0.1) is 5.75 Å². The van der Waals surface area contributed by atoms with Crippen LogP contribution in [0.2, 0.25) is 0 Å². The molecule has 4 nitrogen and oxygen atoms in total. The second-order valence-corrected chi connectivity index (χ2v) is 9.18. The van der Waals surface area contributed by atoms with Crippen molar-refractivity contribution in [3.05, 3.63) is 35.4 Å². The molecule has 1 aromatic rings. The molecule has 2 rings (SSSR count). The predicted molar refractivity (Wildman–Crippen MR) is 92.0 cm³/mol. The van der Waals surface area contributed by atoms with Gasteiger partial charge in [0.15, 0.2) is 0 Å². The summed E-state index contributed by atoms with van der Waals surface area (Å²) in [6.07, 6.45) is 1.30. The normalized spacial score (nSPS) is 19.1. The topological polar surface area (TPSA) is 49.4 Å². The molecule has 1 unspecified atom stereocenters. The predicted octanol–water partition coefficient (Wildman–Crippen LogP) is 1.97. The molecule has 0 spiro atoms. The van der Waals surface area contributed by atoms with E-state index >= 15 is 0 Å². The molecule has 1 aliphatic heterocycles. The second kappa shape index (κ2) is 6.69. The van der Waals surface area contributed by atoms with Crippen molar-refractivity contribution >= 4 is 9.84 Å². The van der Waals surface area contributed by atoms with Crippen molar-refractivity contribution < 1.29 is 8.42 Å². The number of hydrogen-bond donors (Lipinski definition) is 1. The highest BCUT2D eigenvalue weighted by Gasteiger charge is 2.26. The first kappa shape index (κ1) is 17.4. The third-order valence-electron chi connectivity index (χ3n) is 4.50. The zero-order chi connectivity index (χ0) is 16.4. The number of sulfone groups is 1. The summed E-state index contributed by atoms with van der Waals surface area (Å²) in [5.41, 5.74) is 2.01. The number of nitrogens with zero attached hydrogens (tertiary/aromatic N) is 1. The van der Waals surface area contributed by atoms with Gasteiger partial charge in [0, 0.05) is 43.9 Å². The van der Waals surface area contributed by atoms with Crippen LogP contribution < -0.4 is 5.32 Å². The number of benzene rings is 1. The quantitative estimate of drug-likeness (QED) is 0.900. The minimum Gasteiger partial charge on any atom is -0.314 e. The first-order valence-electron chi connectivity index (χ1n) is 7.92. The lowest BCUT2D eigenvalue weighted by atomic mass is 9.86. The Labute approximate surface area is 134 Å². The van der Waals surface area contributed by atoms with Gasteiger partial charge in [-0.25, -0.2) is 8.42 Å². The molecule has 0 amide bonds. The van der Waals surface area contributed by atoms with Crippen LogP contribution in [-0.4, -0.2) is 51.5 Å². The van der Waals surface area contributed by atoms with Gasteiger partial charge in [-0.1, -0.05) is 38.1 Å². The molecule has 124 valence electrons. The number of rotatable bonds is 5. The third-order valence-corrected chi connectivity index (χ3v) is 5.74. The molecular formula is C17H28N2O2S. The summed E-state index contributed by atoms with van der Waals surface area (Å²) in [7, 11) is -2.99. The Bertz CT molecular complexity index is 588. The van der Waals surface area contributed by atoms with Crippen molar-refractivity contribution in [2.45, 2.75) is 32.2 Å². The van der Waals surface area contributed by atoms with E-state index in [-0.39, 0.29) is 11.2 Å². The van der Waals surface area contributed by atoms with Crippen LogP contribution in [0, 0.1) is 0 Å². The van der Waals surface area contributed by atoms with Crippen LogP contribution in [0.25, 0.3) is 0 Å². The molecule has 1 heterocycles. The van der Waals surface area contributed by atoms with Crippen molar-refractivity contribution in [3.8, 4) is 0 Å². The van der Waals surface area contributed by atoms with E-state index in [0.29, 0.717) is 6.04 Å². The van der Waals surface area contributed by atoms with Gasteiger partial charge in [0.2, 0.25) is 0 Å². The minimum atomic E-state index is -2.99. The lowest BCUT2D eigenvalue weighted by Gasteiger charge is -2.33. The van der Waals surface area contributed by atoms with Crippen molar-refractivity contribution in [2.24, 2.45) is 0 Å². The second-order valence-electron chi connectivity index (χ2n) is 7.04. The van der Waals surface area contributed by atoms with E-state index in [1.54, 1.807) is 0 Å². The van der Waals surface area contributed by atoms with E-state index in [1.165, 1.54) is 11.8 Å². The van der Waals surface area contributed by atoms with Crippen LogP contribution in [0.4, 0.5) is 0 Å². The number of piperazine rings is 1. The average molecular weight is 324 g/mol. The lowest BCUT2D eigenvalue weighted by molar-refractivity contribution is 0.185. The van der Waals surface area contributed by atoms with E-state index in [4.69, 9.17) is 0 Å². The van der Waals surface area contributed by atoms with Gasteiger partial charge in [-0.05, 0) is 18.1 Å². The maximum Gasteiger partial charge on any atom is 0.148 e. The molecule has 1 atom stereocenters. The van der Waals surface area contributed by atoms with E-state index in [1.807, 2.05) is 13.8 Å². The number of hydrogen-bond acceptors (Lipinski definition) is 4. The molecule has 0 radical (unpaired) electrons. The van der Waals surface area contributed by atoms with Crippen LogP contribution in [0.5, 0.6) is 0 Å². The summed E-state index contributed by atoms with van der Waals surface area (Å²) in [5, 5.41) is 3.37. The van der Waals surface area contributed by atoms with Crippen LogP contribution in [0.15, 0.2) is 24.3 Å². The highest BCUT2D eigenvalue weighted by molar-refractivity contribution is 7.90. The van der Waals surface area contributed by atoms with E-state index < -0.39 is 9.84 Å². The highest BCUT2D eigenvalue weighted by atomic mass is 32.2. The Morgan fingerprint density at radius 1 is 1.18 bits per heavy atom. The van der Waals surface area contributed by atoms with Crippen molar-refractivity contribution in [2.75, 3.05) is 38.2 Å². The van der Waals surface area contributed by atoms with Crippen LogP contribution in [-0.2, 0) is 15.3 Å². The maximum atomic E-state index is 11.6. The van der Waals surface area contributed by atoms with Crippen molar-refractivity contribution in [1.82, 2.24) is 10.2 Å². The zero-order valence-corrected chi connectivity index (χ0v) is 14.9. The van der Waals surface area contributed by atoms with Gasteiger partial charge >= 0.3 is 0 Å². The highest BCUT2D eigenvalue weighted by Crippen LogP contribution is 2.27. The van der Waals surface area contributed by atoms with Crippen LogP contribution >= 0.6 is 0 Å². The molecule has 0 aromatic heterocycles. The molecule has 0 bridgehead atoms. The summed E-state index contributed by atoms with van der Waals surface area (Å²) in [6.45, 7) is 10.5. The van der Waals surface area contributed by atoms with Gasteiger partial charge in [-0.15, -0.1) is 0 Å². The summed E-state index contributed by atoms with van der Waals surface area (Å²) in [4.78, 5) is 2.48. The monoisotopic (exact) mass is 324 g/mol. The van der Waals surface area contributed by atoms with Gasteiger partial charge < -0.3 is 5.32 Å². The van der Waals surface area contributed by atoms with Crippen molar-refractivity contribution in [3.63, 3.8) is 0 Å². The largest absolute Gasteiger partial charge is 0.314 e. The Morgan fingerprint density at radius 3 is 2.23 bits per heavy atom. The van der Waals surface area contributed by atoms with Crippen LogP contribution in [0.3, 0.4) is 0 Å². The summed E-state index contributed by atoms with van der Waals surface area (Å²) < 4.78 is 23.2.